The summed E-state index contributed by atoms with van der Waals surface area (Å²) in [6.45, 7) is 2.27. The highest BCUT2D eigenvalue weighted by atomic mass is 79.9. The van der Waals surface area contributed by atoms with Crippen LogP contribution in [0, 0.1) is 0 Å². The average molecular weight is 639 g/mol. The molecule has 4 rings (SSSR count). The number of hydrogen-bond acceptors (Lipinski definition) is 7. The van der Waals surface area contributed by atoms with Gasteiger partial charge in [-0.1, -0.05) is 30.1 Å². The zero-order valence-corrected chi connectivity index (χ0v) is 24.1. The van der Waals surface area contributed by atoms with Gasteiger partial charge in [0.2, 0.25) is 5.88 Å². The number of amides is 2. The maximum Gasteiger partial charge on any atom is 0.274 e. The lowest BCUT2D eigenvalue weighted by atomic mass is 10.1. The largest absolute Gasteiger partial charge is 0.437 e. The molecular weight excluding hydrogens is 617 g/mol. The molecule has 1 unspecified atom stereocenters. The summed E-state index contributed by atoms with van der Waals surface area (Å²) in [7, 11) is 1.56. The molecule has 38 heavy (non-hydrogen) atoms. The summed E-state index contributed by atoms with van der Waals surface area (Å²) in [5, 5.41) is 14.4. The van der Waals surface area contributed by atoms with E-state index in [0.717, 1.165) is 0 Å². The zero-order chi connectivity index (χ0) is 27.2. The van der Waals surface area contributed by atoms with Crippen molar-refractivity contribution in [3.8, 4) is 17.4 Å². The van der Waals surface area contributed by atoms with Crippen LogP contribution < -0.4 is 15.4 Å². The van der Waals surface area contributed by atoms with Crippen LogP contribution in [0.4, 0.5) is 5.69 Å². The highest BCUT2D eigenvalue weighted by molar-refractivity contribution is 9.10. The van der Waals surface area contributed by atoms with Crippen molar-refractivity contribution in [2.75, 3.05) is 19.0 Å². The third kappa shape index (κ3) is 6.54. The smallest absolute Gasteiger partial charge is 0.274 e. The van der Waals surface area contributed by atoms with E-state index in [0.29, 0.717) is 28.3 Å². The number of rotatable bonds is 10. The van der Waals surface area contributed by atoms with Crippen LogP contribution in [-0.4, -0.2) is 46.3 Å². The van der Waals surface area contributed by atoms with Crippen LogP contribution in [-0.2, 0) is 4.74 Å². The summed E-state index contributed by atoms with van der Waals surface area (Å²) in [6.07, 6.45) is 2.19. The fraction of sp³-hybridized carbons (Fsp3) is 0.200. The van der Waals surface area contributed by atoms with E-state index < -0.39 is 11.8 Å². The molecule has 0 aliphatic carbocycles. The second-order valence-electron chi connectivity index (χ2n) is 7.95. The molecule has 0 saturated heterocycles. The summed E-state index contributed by atoms with van der Waals surface area (Å²) in [4.78, 5) is 31.1. The van der Waals surface area contributed by atoms with Gasteiger partial charge in [0.25, 0.3) is 11.8 Å². The number of benzene rings is 1. The Morgan fingerprint density at radius 1 is 1.21 bits per heavy atom. The molecule has 0 bridgehead atoms. The molecule has 2 N–H and O–H groups in total. The second kappa shape index (κ2) is 12.7. The summed E-state index contributed by atoms with van der Waals surface area (Å²) in [5.74, 6) is -0.0399. The summed E-state index contributed by atoms with van der Waals surface area (Å²) in [5.41, 5.74) is 0.475. The van der Waals surface area contributed by atoms with Crippen molar-refractivity contribution in [2.45, 2.75) is 19.4 Å². The molecule has 0 aliphatic rings. The van der Waals surface area contributed by atoms with Gasteiger partial charge in [-0.15, -0.1) is 16.4 Å². The minimum Gasteiger partial charge on any atom is -0.437 e. The van der Waals surface area contributed by atoms with Crippen LogP contribution in [0.15, 0.2) is 57.8 Å². The number of halogens is 3. The van der Waals surface area contributed by atoms with Gasteiger partial charge in [-0.2, -0.15) is 0 Å². The van der Waals surface area contributed by atoms with Crippen LogP contribution in [0.1, 0.15) is 34.2 Å². The standard InChI is InChI=1S/C25H22BrCl2N5O4S/c1-3-15(12-36-2)30-24(34)17-9-14(27)10-18(26)22(17)31-25(35)20-11-21(37-16-6-8-38-13-16)32-33(20)23-19(28)5-4-7-29-23/h4-11,13,15H,3,12H2,1-2H3,(H,30,34)(H,31,35). The third-order valence-electron chi connectivity index (χ3n) is 5.31. The van der Waals surface area contributed by atoms with Gasteiger partial charge in [-0.05, 0) is 58.1 Å². The topological polar surface area (TPSA) is 107 Å². The van der Waals surface area contributed by atoms with Gasteiger partial charge >= 0.3 is 0 Å². The van der Waals surface area contributed by atoms with Crippen molar-refractivity contribution in [1.29, 1.82) is 0 Å². The number of aromatic nitrogens is 3. The zero-order valence-electron chi connectivity index (χ0n) is 20.2. The molecule has 0 fully saturated rings. The van der Waals surface area contributed by atoms with Crippen molar-refractivity contribution in [2.24, 2.45) is 0 Å². The molecule has 3 heterocycles. The molecule has 1 aromatic carbocycles. The number of ether oxygens (including phenoxy) is 2. The number of nitrogens with one attached hydrogen (secondary N) is 2. The molecule has 0 saturated carbocycles. The van der Waals surface area contributed by atoms with E-state index in [1.807, 2.05) is 12.3 Å². The molecule has 0 aliphatic heterocycles. The van der Waals surface area contributed by atoms with Crippen LogP contribution in [0.5, 0.6) is 11.6 Å². The molecule has 0 radical (unpaired) electrons. The quantitative estimate of drug-likeness (QED) is 0.203. The first-order chi connectivity index (χ1) is 18.3. The number of hydrogen-bond donors (Lipinski definition) is 2. The van der Waals surface area contributed by atoms with Gasteiger partial charge in [0.05, 0.1) is 28.9 Å². The number of anilines is 1. The molecular formula is C25H22BrCl2N5O4S. The summed E-state index contributed by atoms with van der Waals surface area (Å²) < 4.78 is 12.7. The van der Waals surface area contributed by atoms with Crippen molar-refractivity contribution in [3.63, 3.8) is 0 Å². The van der Waals surface area contributed by atoms with Gasteiger partial charge < -0.3 is 20.1 Å². The van der Waals surface area contributed by atoms with Crippen LogP contribution in [0.2, 0.25) is 10.0 Å². The molecule has 1 atom stereocenters. The van der Waals surface area contributed by atoms with Gasteiger partial charge in [0.1, 0.15) is 11.4 Å². The summed E-state index contributed by atoms with van der Waals surface area (Å²) in [6, 6.07) is 9.38. The number of pyridine rings is 1. The van der Waals surface area contributed by atoms with E-state index in [-0.39, 0.29) is 39.7 Å². The van der Waals surface area contributed by atoms with Crippen LogP contribution >= 0.6 is 50.5 Å². The molecule has 0 spiro atoms. The SMILES string of the molecule is CCC(COC)NC(=O)c1cc(Cl)cc(Br)c1NC(=O)c1cc(Oc2ccsc2)nn1-c1ncccc1Cl. The number of nitrogens with zero attached hydrogens (tertiary/aromatic N) is 3. The highest BCUT2D eigenvalue weighted by Gasteiger charge is 2.24. The number of thiophene rings is 1. The predicted octanol–water partition coefficient (Wildman–Crippen LogP) is 6.60. The fourth-order valence-corrected chi connectivity index (χ4v) is 5.14. The Bertz CT molecular complexity index is 1450. The Labute approximate surface area is 241 Å². The second-order valence-corrected chi connectivity index (χ2v) is 10.4. The maximum atomic E-state index is 13.6. The molecule has 9 nitrogen and oxygen atoms in total. The van der Waals surface area contributed by atoms with Crippen molar-refractivity contribution in [1.82, 2.24) is 20.1 Å². The lowest BCUT2D eigenvalue weighted by Crippen LogP contribution is -2.38. The molecule has 198 valence electrons. The van der Waals surface area contributed by atoms with E-state index in [1.54, 1.807) is 36.8 Å². The molecule has 13 heteroatoms. The average Bonchev–Trinajstić information content (AvgIpc) is 3.55. The van der Waals surface area contributed by atoms with E-state index >= 15 is 0 Å². The summed E-state index contributed by atoms with van der Waals surface area (Å²) >= 11 is 17.5. The lowest BCUT2D eigenvalue weighted by molar-refractivity contribution is 0.0895. The minimum atomic E-state index is -0.583. The van der Waals surface area contributed by atoms with Crippen molar-refractivity contribution >= 4 is 68.0 Å². The fourth-order valence-electron chi connectivity index (χ4n) is 3.48. The Morgan fingerprint density at radius 2 is 2.03 bits per heavy atom. The van der Waals surface area contributed by atoms with E-state index in [1.165, 1.54) is 34.3 Å². The Kier molecular flexibility index (Phi) is 9.40. The van der Waals surface area contributed by atoms with Crippen LogP contribution in [0.3, 0.4) is 0 Å². The number of carbonyl (C=O) groups is 2. The van der Waals surface area contributed by atoms with E-state index in [2.05, 4.69) is 36.6 Å². The highest BCUT2D eigenvalue weighted by Crippen LogP contribution is 2.32. The van der Waals surface area contributed by atoms with Gasteiger partial charge in [0.15, 0.2) is 5.82 Å². The first-order valence-electron chi connectivity index (χ1n) is 11.3. The number of methoxy groups -OCH3 is 1. The van der Waals surface area contributed by atoms with E-state index in [4.69, 9.17) is 32.7 Å². The lowest BCUT2D eigenvalue weighted by Gasteiger charge is -2.19. The monoisotopic (exact) mass is 637 g/mol. The van der Waals surface area contributed by atoms with Crippen LogP contribution in [0.25, 0.3) is 5.82 Å². The Morgan fingerprint density at radius 3 is 2.71 bits per heavy atom. The molecule has 2 amide bonds. The first kappa shape index (κ1) is 28.1. The third-order valence-corrected chi connectivity index (χ3v) is 7.11. The molecule has 3 aromatic heterocycles. The molecule has 4 aromatic rings. The minimum absolute atomic E-state index is 0.0786. The maximum absolute atomic E-state index is 13.6. The van der Waals surface area contributed by atoms with E-state index in [9.17, 15) is 9.59 Å². The normalized spacial score (nSPS) is 11.7. The Balaban J connectivity index is 1.71. The Hall–Kier alpha value is -2.96. The number of carbonyl (C=O) groups excluding carboxylic acids is 2. The van der Waals surface area contributed by atoms with Gasteiger partial charge in [0, 0.05) is 34.2 Å². The van der Waals surface area contributed by atoms with Crippen molar-refractivity contribution < 1.29 is 19.1 Å². The van der Waals surface area contributed by atoms with Gasteiger partial charge in [-0.25, -0.2) is 9.67 Å². The van der Waals surface area contributed by atoms with Gasteiger partial charge in [-0.3, -0.25) is 9.59 Å². The predicted molar refractivity (Wildman–Crippen MR) is 151 cm³/mol. The first-order valence-corrected chi connectivity index (χ1v) is 13.8. The van der Waals surface area contributed by atoms with Crippen molar-refractivity contribution in [3.05, 3.63) is 79.1 Å².